The Hall–Kier alpha value is -2.82. The number of hydrogen-bond donors (Lipinski definition) is 1. The van der Waals surface area contributed by atoms with E-state index in [4.69, 9.17) is 0 Å². The van der Waals surface area contributed by atoms with Gasteiger partial charge in [-0.1, -0.05) is 36.4 Å². The van der Waals surface area contributed by atoms with Gasteiger partial charge in [0.05, 0.1) is 0 Å². The van der Waals surface area contributed by atoms with Crippen molar-refractivity contribution in [1.82, 2.24) is 4.90 Å². The molecule has 5 nitrogen and oxygen atoms in total. The molecule has 0 bridgehead atoms. The maximum absolute atomic E-state index is 13.1. The van der Waals surface area contributed by atoms with Crippen LogP contribution in [0.4, 0.5) is 11.4 Å². The van der Waals surface area contributed by atoms with Crippen molar-refractivity contribution in [3.63, 3.8) is 0 Å². The van der Waals surface area contributed by atoms with Crippen LogP contribution < -0.4 is 10.2 Å². The Balaban J connectivity index is 1.39. The fourth-order valence-electron chi connectivity index (χ4n) is 3.73. The monoisotopic (exact) mass is 363 g/mol. The van der Waals surface area contributed by atoms with E-state index in [9.17, 15) is 9.59 Å². The van der Waals surface area contributed by atoms with E-state index in [2.05, 4.69) is 22.3 Å². The molecule has 2 fully saturated rings. The highest BCUT2D eigenvalue weighted by Crippen LogP contribution is 2.48. The van der Waals surface area contributed by atoms with Crippen LogP contribution in [0.1, 0.15) is 18.4 Å². The first-order valence-corrected chi connectivity index (χ1v) is 9.57. The maximum Gasteiger partial charge on any atom is 0.240 e. The normalized spacial score (nSPS) is 18.1. The van der Waals surface area contributed by atoms with Gasteiger partial charge >= 0.3 is 0 Å². The first kappa shape index (κ1) is 17.6. The molecule has 0 atom stereocenters. The van der Waals surface area contributed by atoms with Crippen LogP contribution in [0.2, 0.25) is 0 Å². The van der Waals surface area contributed by atoms with Gasteiger partial charge in [0.25, 0.3) is 0 Å². The number of piperazine rings is 1. The van der Waals surface area contributed by atoms with Gasteiger partial charge in [-0.3, -0.25) is 9.59 Å². The third-order valence-electron chi connectivity index (χ3n) is 5.68. The lowest BCUT2D eigenvalue weighted by molar-refractivity contribution is -0.142. The zero-order chi connectivity index (χ0) is 18.9. The Kier molecular flexibility index (Phi) is 4.60. The van der Waals surface area contributed by atoms with Crippen molar-refractivity contribution in [3.8, 4) is 0 Å². The van der Waals surface area contributed by atoms with Gasteiger partial charge in [0, 0.05) is 37.6 Å². The first-order chi connectivity index (χ1) is 13.1. The lowest BCUT2D eigenvalue weighted by atomic mass is 10.0. The molecule has 27 heavy (non-hydrogen) atoms. The number of para-hydroxylation sites is 2. The summed E-state index contributed by atoms with van der Waals surface area (Å²) in [5, 5.41) is 2.97. The van der Waals surface area contributed by atoms with E-state index in [0.29, 0.717) is 25.9 Å². The van der Waals surface area contributed by atoms with Gasteiger partial charge < -0.3 is 15.1 Å². The van der Waals surface area contributed by atoms with E-state index in [1.54, 1.807) is 0 Å². The molecule has 2 aromatic rings. The van der Waals surface area contributed by atoms with Crippen molar-refractivity contribution in [2.75, 3.05) is 36.4 Å². The zero-order valence-corrected chi connectivity index (χ0v) is 15.6. The fourth-order valence-corrected chi connectivity index (χ4v) is 3.73. The highest BCUT2D eigenvalue weighted by atomic mass is 16.2. The van der Waals surface area contributed by atoms with Gasteiger partial charge in [-0.25, -0.2) is 0 Å². The van der Waals surface area contributed by atoms with Crippen molar-refractivity contribution in [2.45, 2.75) is 19.8 Å². The number of nitrogens with zero attached hydrogens (tertiary/aromatic N) is 2. The molecule has 1 saturated heterocycles. The Morgan fingerprint density at radius 2 is 1.52 bits per heavy atom. The second-order valence-corrected chi connectivity index (χ2v) is 7.47. The molecule has 1 heterocycles. The van der Waals surface area contributed by atoms with Crippen LogP contribution in [0, 0.1) is 12.3 Å². The summed E-state index contributed by atoms with van der Waals surface area (Å²) in [5.41, 5.74) is 2.11. The van der Waals surface area contributed by atoms with Gasteiger partial charge in [0.2, 0.25) is 11.8 Å². The standard InChI is InChI=1S/C22H25N3O2/c1-17-7-5-6-10-19(17)23-20(26)22(11-12-22)21(27)25-15-13-24(14-16-25)18-8-3-2-4-9-18/h2-10H,11-16H2,1H3,(H,23,26). The molecule has 140 valence electrons. The van der Waals surface area contributed by atoms with E-state index < -0.39 is 5.41 Å². The quantitative estimate of drug-likeness (QED) is 0.850. The highest BCUT2D eigenvalue weighted by Gasteiger charge is 2.58. The summed E-state index contributed by atoms with van der Waals surface area (Å²) < 4.78 is 0. The number of rotatable bonds is 4. The van der Waals surface area contributed by atoms with Crippen molar-refractivity contribution < 1.29 is 9.59 Å². The predicted molar refractivity (Wildman–Crippen MR) is 107 cm³/mol. The molecule has 1 saturated carbocycles. The second kappa shape index (κ2) is 7.06. The van der Waals surface area contributed by atoms with Crippen LogP contribution in [0.15, 0.2) is 54.6 Å². The molecule has 2 aromatic carbocycles. The molecule has 2 amide bonds. The molecule has 0 spiro atoms. The number of amides is 2. The van der Waals surface area contributed by atoms with Crippen LogP contribution in [-0.2, 0) is 9.59 Å². The molecule has 0 unspecified atom stereocenters. The van der Waals surface area contributed by atoms with Crippen molar-refractivity contribution in [3.05, 3.63) is 60.2 Å². The first-order valence-electron chi connectivity index (χ1n) is 9.57. The molecular weight excluding hydrogens is 338 g/mol. The van der Waals surface area contributed by atoms with E-state index >= 15 is 0 Å². The van der Waals surface area contributed by atoms with E-state index in [1.807, 2.05) is 54.3 Å². The summed E-state index contributed by atoms with van der Waals surface area (Å²) in [4.78, 5) is 30.1. The third kappa shape index (κ3) is 3.42. The second-order valence-electron chi connectivity index (χ2n) is 7.47. The Morgan fingerprint density at radius 1 is 0.889 bits per heavy atom. The minimum Gasteiger partial charge on any atom is -0.368 e. The molecule has 1 aliphatic heterocycles. The van der Waals surface area contributed by atoms with Crippen molar-refractivity contribution >= 4 is 23.2 Å². The van der Waals surface area contributed by atoms with Crippen LogP contribution in [0.3, 0.4) is 0 Å². The van der Waals surface area contributed by atoms with E-state index in [0.717, 1.165) is 24.3 Å². The molecule has 0 radical (unpaired) electrons. The van der Waals surface area contributed by atoms with Crippen LogP contribution in [-0.4, -0.2) is 42.9 Å². The summed E-state index contributed by atoms with van der Waals surface area (Å²) in [6.45, 7) is 4.87. The van der Waals surface area contributed by atoms with Gasteiger partial charge in [-0.15, -0.1) is 0 Å². The molecule has 2 aliphatic rings. The molecule has 5 heteroatoms. The average molecular weight is 363 g/mol. The SMILES string of the molecule is Cc1ccccc1NC(=O)C1(C(=O)N2CCN(c3ccccc3)CC2)CC1. The van der Waals surface area contributed by atoms with Crippen LogP contribution in [0.5, 0.6) is 0 Å². The molecule has 1 N–H and O–H groups in total. The summed E-state index contributed by atoms with van der Waals surface area (Å²) in [7, 11) is 0. The predicted octanol–water partition coefficient (Wildman–Crippen LogP) is 3.06. The lowest BCUT2D eigenvalue weighted by Crippen LogP contribution is -2.52. The summed E-state index contributed by atoms with van der Waals surface area (Å²) in [6, 6.07) is 17.9. The lowest BCUT2D eigenvalue weighted by Gasteiger charge is -2.37. The number of anilines is 2. The van der Waals surface area contributed by atoms with Gasteiger partial charge in [0.1, 0.15) is 5.41 Å². The fraction of sp³-hybridized carbons (Fsp3) is 0.364. The molecule has 0 aromatic heterocycles. The Bertz CT molecular complexity index is 838. The van der Waals surface area contributed by atoms with Gasteiger partial charge in [-0.05, 0) is 43.5 Å². The van der Waals surface area contributed by atoms with Crippen molar-refractivity contribution in [2.24, 2.45) is 5.41 Å². The topological polar surface area (TPSA) is 52.7 Å². The number of hydrogen-bond acceptors (Lipinski definition) is 3. The zero-order valence-electron chi connectivity index (χ0n) is 15.6. The third-order valence-corrected chi connectivity index (χ3v) is 5.68. The summed E-state index contributed by atoms with van der Waals surface area (Å²) >= 11 is 0. The number of nitrogens with one attached hydrogen (secondary N) is 1. The highest BCUT2D eigenvalue weighted by molar-refractivity contribution is 6.13. The molecular formula is C22H25N3O2. The smallest absolute Gasteiger partial charge is 0.240 e. The van der Waals surface area contributed by atoms with Crippen LogP contribution >= 0.6 is 0 Å². The van der Waals surface area contributed by atoms with Crippen molar-refractivity contribution in [1.29, 1.82) is 0 Å². The maximum atomic E-state index is 13.1. The number of carbonyl (C=O) groups excluding carboxylic acids is 2. The van der Waals surface area contributed by atoms with Gasteiger partial charge in [-0.2, -0.15) is 0 Å². The Labute approximate surface area is 160 Å². The summed E-state index contributed by atoms with van der Waals surface area (Å²) in [6.07, 6.45) is 1.28. The number of aryl methyl sites for hydroxylation is 1. The van der Waals surface area contributed by atoms with Crippen LogP contribution in [0.25, 0.3) is 0 Å². The summed E-state index contributed by atoms with van der Waals surface area (Å²) in [5.74, 6) is -0.173. The Morgan fingerprint density at radius 3 is 2.15 bits per heavy atom. The molecule has 4 rings (SSSR count). The largest absolute Gasteiger partial charge is 0.368 e. The molecule has 1 aliphatic carbocycles. The van der Waals surface area contributed by atoms with E-state index in [1.165, 1.54) is 5.69 Å². The number of benzene rings is 2. The minimum atomic E-state index is -0.864. The minimum absolute atomic E-state index is 0.0127. The average Bonchev–Trinajstić information content (AvgIpc) is 3.52. The number of carbonyl (C=O) groups is 2. The van der Waals surface area contributed by atoms with E-state index in [-0.39, 0.29) is 11.8 Å². The van der Waals surface area contributed by atoms with Gasteiger partial charge in [0.15, 0.2) is 0 Å².